The number of pyridine rings is 1. The number of hydrogen-bond acceptors (Lipinski definition) is 6. The van der Waals surface area contributed by atoms with E-state index in [-0.39, 0.29) is 11.3 Å². The van der Waals surface area contributed by atoms with Crippen molar-refractivity contribution in [2.75, 3.05) is 11.6 Å². The van der Waals surface area contributed by atoms with Gasteiger partial charge in [0.25, 0.3) is 5.91 Å². The average molecular weight is 436 g/mol. The summed E-state index contributed by atoms with van der Waals surface area (Å²) in [6.45, 7) is 8.53. The fraction of sp³-hybridized carbons (Fsp3) is 0.318. The molecule has 0 atom stereocenters. The number of aryl methyl sites for hydroxylation is 1. The second-order valence-corrected chi connectivity index (χ2v) is 9.14. The zero-order valence-electron chi connectivity index (χ0n) is 18.2. The Kier molecular flexibility index (Phi) is 5.53. The molecule has 0 aliphatic heterocycles. The standard InChI is InChI=1S/C22H25N7OS/c1-14-18(20(31-5)27-21(24-14)22(2,3)4)19(30)26-15-10-23-29(12-15)13-16-11-28-9-7-6-8-17(28)25-16/h6-12H,13H2,1-5H3,(H,26,30). The predicted molar refractivity (Wildman–Crippen MR) is 122 cm³/mol. The van der Waals surface area contributed by atoms with Gasteiger partial charge in [-0.2, -0.15) is 5.10 Å². The van der Waals surface area contributed by atoms with Crippen molar-refractivity contribution in [1.82, 2.24) is 29.1 Å². The minimum atomic E-state index is -0.241. The maximum atomic E-state index is 13.0. The summed E-state index contributed by atoms with van der Waals surface area (Å²) in [5, 5.41) is 7.95. The first-order chi connectivity index (χ1) is 14.7. The van der Waals surface area contributed by atoms with Crippen molar-refractivity contribution in [2.45, 2.75) is 44.7 Å². The first-order valence-corrected chi connectivity index (χ1v) is 11.2. The lowest BCUT2D eigenvalue weighted by molar-refractivity contribution is 0.102. The molecule has 9 heteroatoms. The van der Waals surface area contributed by atoms with Crippen molar-refractivity contribution in [1.29, 1.82) is 0 Å². The molecule has 4 aromatic rings. The van der Waals surface area contributed by atoms with Gasteiger partial charge in [-0.25, -0.2) is 15.0 Å². The second kappa shape index (κ2) is 8.14. The first kappa shape index (κ1) is 21.0. The summed E-state index contributed by atoms with van der Waals surface area (Å²) >= 11 is 1.44. The largest absolute Gasteiger partial charge is 0.319 e. The van der Waals surface area contributed by atoms with Gasteiger partial charge in [0.2, 0.25) is 0 Å². The van der Waals surface area contributed by atoms with Crippen LogP contribution in [-0.4, -0.2) is 41.3 Å². The smallest absolute Gasteiger partial charge is 0.260 e. The van der Waals surface area contributed by atoms with Gasteiger partial charge in [0.1, 0.15) is 16.5 Å². The van der Waals surface area contributed by atoms with E-state index in [1.54, 1.807) is 17.1 Å². The Morgan fingerprint density at radius 2 is 1.97 bits per heavy atom. The maximum Gasteiger partial charge on any atom is 0.260 e. The Bertz CT molecular complexity index is 1220. The Hall–Kier alpha value is -3.20. The average Bonchev–Trinajstić information content (AvgIpc) is 3.32. The third-order valence-corrected chi connectivity index (χ3v) is 5.46. The minimum absolute atomic E-state index is 0.191. The van der Waals surface area contributed by atoms with Crippen LogP contribution in [0, 0.1) is 6.92 Å². The number of nitrogens with one attached hydrogen (secondary N) is 1. The van der Waals surface area contributed by atoms with E-state index in [1.807, 2.05) is 48.2 Å². The van der Waals surface area contributed by atoms with Crippen molar-refractivity contribution >= 4 is 29.0 Å². The number of fused-ring (bicyclic) bond motifs is 1. The summed E-state index contributed by atoms with van der Waals surface area (Å²) < 4.78 is 3.72. The van der Waals surface area contributed by atoms with E-state index >= 15 is 0 Å². The number of aromatic nitrogens is 6. The highest BCUT2D eigenvalue weighted by Crippen LogP contribution is 2.26. The minimum Gasteiger partial charge on any atom is -0.319 e. The lowest BCUT2D eigenvalue weighted by Gasteiger charge is -2.19. The third-order valence-electron chi connectivity index (χ3n) is 4.78. The summed E-state index contributed by atoms with van der Waals surface area (Å²) in [6.07, 6.45) is 9.27. The lowest BCUT2D eigenvalue weighted by atomic mass is 9.95. The molecule has 0 saturated carbocycles. The molecule has 4 aromatic heterocycles. The molecule has 1 amide bonds. The van der Waals surface area contributed by atoms with Crippen molar-refractivity contribution in [3.8, 4) is 0 Å². The number of imidazole rings is 1. The zero-order valence-corrected chi connectivity index (χ0v) is 19.1. The van der Waals surface area contributed by atoms with Crippen LogP contribution >= 0.6 is 11.8 Å². The fourth-order valence-electron chi connectivity index (χ4n) is 3.23. The molecule has 0 bridgehead atoms. The lowest BCUT2D eigenvalue weighted by Crippen LogP contribution is -2.22. The summed E-state index contributed by atoms with van der Waals surface area (Å²) in [5.74, 6) is 0.487. The Balaban J connectivity index is 1.52. The molecule has 0 radical (unpaired) electrons. The highest BCUT2D eigenvalue weighted by atomic mass is 32.2. The van der Waals surface area contributed by atoms with Gasteiger partial charge >= 0.3 is 0 Å². The number of carbonyl (C=O) groups is 1. The number of rotatable bonds is 5. The maximum absolute atomic E-state index is 13.0. The van der Waals surface area contributed by atoms with E-state index in [0.717, 1.165) is 17.2 Å². The van der Waals surface area contributed by atoms with E-state index < -0.39 is 0 Å². The molecule has 0 fully saturated rings. The molecule has 31 heavy (non-hydrogen) atoms. The Morgan fingerprint density at radius 1 is 1.16 bits per heavy atom. The predicted octanol–water partition coefficient (Wildman–Crippen LogP) is 3.95. The van der Waals surface area contributed by atoms with E-state index in [1.165, 1.54) is 11.8 Å². The number of anilines is 1. The molecule has 0 spiro atoms. The van der Waals surface area contributed by atoms with E-state index in [4.69, 9.17) is 0 Å². The summed E-state index contributed by atoms with van der Waals surface area (Å²) in [7, 11) is 0. The SMILES string of the molecule is CSc1nc(C(C)(C)C)nc(C)c1C(=O)Nc1cnn(Cc2cn3ccccc3n2)c1. The molecule has 160 valence electrons. The first-order valence-electron chi connectivity index (χ1n) is 9.94. The Morgan fingerprint density at radius 3 is 2.68 bits per heavy atom. The molecule has 8 nitrogen and oxygen atoms in total. The van der Waals surface area contributed by atoms with Gasteiger partial charge in [-0.1, -0.05) is 26.8 Å². The third kappa shape index (κ3) is 4.46. The van der Waals surface area contributed by atoms with Crippen LogP contribution in [-0.2, 0) is 12.0 Å². The molecule has 4 heterocycles. The van der Waals surface area contributed by atoms with E-state index in [2.05, 4.69) is 46.1 Å². The van der Waals surface area contributed by atoms with Gasteiger partial charge < -0.3 is 9.72 Å². The molecular formula is C22H25N7OS. The van der Waals surface area contributed by atoms with E-state index in [0.29, 0.717) is 28.5 Å². The van der Waals surface area contributed by atoms with Crippen molar-refractivity contribution in [3.05, 3.63) is 65.8 Å². The Labute approximate surface area is 185 Å². The number of thioether (sulfide) groups is 1. The normalized spacial score (nSPS) is 11.8. The highest BCUT2D eigenvalue weighted by Gasteiger charge is 2.24. The van der Waals surface area contributed by atoms with Gasteiger partial charge in [0, 0.05) is 24.0 Å². The van der Waals surface area contributed by atoms with Gasteiger partial charge in [-0.05, 0) is 25.3 Å². The van der Waals surface area contributed by atoms with Crippen LogP contribution < -0.4 is 5.32 Å². The topological polar surface area (TPSA) is 90.0 Å². The van der Waals surface area contributed by atoms with Crippen LogP contribution in [0.25, 0.3) is 5.65 Å². The van der Waals surface area contributed by atoms with Crippen molar-refractivity contribution < 1.29 is 4.79 Å². The summed E-state index contributed by atoms with van der Waals surface area (Å²) in [5.41, 5.74) is 3.35. The highest BCUT2D eigenvalue weighted by molar-refractivity contribution is 7.98. The van der Waals surface area contributed by atoms with Gasteiger partial charge in [-0.3, -0.25) is 9.48 Å². The zero-order chi connectivity index (χ0) is 22.2. The second-order valence-electron chi connectivity index (χ2n) is 8.35. The molecule has 1 N–H and O–H groups in total. The summed E-state index contributed by atoms with van der Waals surface area (Å²) in [6, 6.07) is 5.87. The van der Waals surface area contributed by atoms with Crippen LogP contribution in [0.15, 0.2) is 48.0 Å². The van der Waals surface area contributed by atoms with E-state index in [9.17, 15) is 4.79 Å². The van der Waals surface area contributed by atoms with Crippen LogP contribution in [0.3, 0.4) is 0 Å². The van der Waals surface area contributed by atoms with Gasteiger partial charge in [-0.15, -0.1) is 11.8 Å². The number of carbonyl (C=O) groups excluding carboxylic acids is 1. The fourth-order valence-corrected chi connectivity index (χ4v) is 3.85. The molecule has 0 saturated heterocycles. The van der Waals surface area contributed by atoms with Crippen LogP contribution in [0.2, 0.25) is 0 Å². The van der Waals surface area contributed by atoms with Crippen LogP contribution in [0.5, 0.6) is 0 Å². The van der Waals surface area contributed by atoms with Crippen LogP contribution in [0.1, 0.15) is 48.3 Å². The number of amides is 1. The molecule has 0 aliphatic carbocycles. The van der Waals surface area contributed by atoms with Gasteiger partial charge in [0.05, 0.1) is 35.4 Å². The van der Waals surface area contributed by atoms with Crippen molar-refractivity contribution in [3.63, 3.8) is 0 Å². The van der Waals surface area contributed by atoms with Crippen molar-refractivity contribution in [2.24, 2.45) is 0 Å². The number of hydrogen-bond donors (Lipinski definition) is 1. The molecule has 4 rings (SSSR count). The molecule has 0 aromatic carbocycles. The quantitative estimate of drug-likeness (QED) is 0.377. The van der Waals surface area contributed by atoms with Crippen LogP contribution in [0.4, 0.5) is 5.69 Å². The molecule has 0 unspecified atom stereocenters. The summed E-state index contributed by atoms with van der Waals surface area (Å²) in [4.78, 5) is 26.8. The molecule has 0 aliphatic rings. The van der Waals surface area contributed by atoms with Gasteiger partial charge in [0.15, 0.2) is 0 Å². The number of nitrogens with zero attached hydrogens (tertiary/aromatic N) is 6. The monoisotopic (exact) mass is 435 g/mol. The molecular weight excluding hydrogens is 410 g/mol.